The van der Waals surface area contributed by atoms with E-state index in [0.717, 1.165) is 38.9 Å². The number of para-hydroxylation sites is 2. The third-order valence-corrected chi connectivity index (χ3v) is 13.1. The number of benzene rings is 6. The van der Waals surface area contributed by atoms with Crippen LogP contribution < -0.4 is 21.8 Å². The minimum absolute atomic E-state index is 0. The Morgan fingerprint density at radius 2 is 0.947 bits per heavy atom. The molecule has 8 aromatic rings. The number of nitrogens with zero attached hydrogens (tertiary/aromatic N) is 4. The number of hydrogen-bond donors (Lipinski definition) is 3. The number of fused-ring (bicyclic) bond motifs is 2. The van der Waals surface area contributed by atoms with E-state index in [1.54, 1.807) is 42.5 Å². The highest BCUT2D eigenvalue weighted by atomic mass is 16.5. The van der Waals surface area contributed by atoms with Crippen molar-refractivity contribution in [2.45, 2.75) is 98.8 Å². The third kappa shape index (κ3) is 14.0. The zero-order chi connectivity index (χ0) is 53.8. The second kappa shape index (κ2) is 26.1. The molecule has 0 saturated carbocycles. The van der Waals surface area contributed by atoms with Crippen LogP contribution in [0, 0.1) is 25.7 Å². The van der Waals surface area contributed by atoms with Crippen LogP contribution in [0.15, 0.2) is 168 Å². The Kier molecular flexibility index (Phi) is 19.5. The molecule has 2 aromatic heterocycles. The first-order valence-electron chi connectivity index (χ1n) is 25.2. The molecule has 2 heterocycles. The van der Waals surface area contributed by atoms with Gasteiger partial charge in [0.25, 0.3) is 11.1 Å². The molecule has 0 aliphatic carbocycles. The van der Waals surface area contributed by atoms with Crippen molar-refractivity contribution < 1.29 is 29.0 Å². The maximum atomic E-state index is 13.8. The van der Waals surface area contributed by atoms with Crippen molar-refractivity contribution in [3.8, 4) is 22.3 Å². The van der Waals surface area contributed by atoms with Crippen molar-refractivity contribution in [3.05, 3.63) is 201 Å². The number of nitrogens with one attached hydrogen (secondary N) is 2. The zero-order valence-corrected chi connectivity index (χ0v) is 43.4. The zero-order valence-electron chi connectivity index (χ0n) is 43.4. The average Bonchev–Trinajstić information content (AvgIpc) is 3.41. The number of aromatic nitrogens is 4. The highest BCUT2D eigenvalue weighted by Crippen LogP contribution is 2.31. The first kappa shape index (κ1) is 56.8. The molecule has 14 nitrogen and oxygen atoms in total. The smallest absolute Gasteiger partial charge is 0.307 e. The number of rotatable bonds is 18. The van der Waals surface area contributed by atoms with Crippen LogP contribution in [0.1, 0.15) is 107 Å². The Morgan fingerprint density at radius 1 is 0.553 bits per heavy atom. The van der Waals surface area contributed by atoms with Crippen LogP contribution in [0.3, 0.4) is 0 Å². The van der Waals surface area contributed by atoms with Gasteiger partial charge < -0.3 is 20.5 Å². The Labute approximate surface area is 443 Å². The number of ether oxygens (including phenoxy) is 1. The van der Waals surface area contributed by atoms with Gasteiger partial charge in [-0.15, -0.1) is 0 Å². The standard InChI is InChI=1S/C31H33N3O4.C30H31N3O4.CH4/c1-20(2)16-28(34-19-32-26-15-8-7-14-25(26)31(34)37)30(36)33-27(18-29(35)38-4)23-12-9-11-22(17-23)24-13-6-5-10-21(24)3;1-19(2)15-27(33-18-31-25-14-7-6-13-24(25)30(33)37)29(36)32-26(17-28(34)35)22-11-8-10-21(16-22)23-12-5-4-9-20(23)3;/h5-15,17,19-20,27-28H,16,18H2,1-4H3,(H,33,36);4-14,16,18-19,26-27H,15,17H2,1-3H3,(H,32,36)(H,34,35);1H4/t27-,28-;26-,27-;/m00./s1. The van der Waals surface area contributed by atoms with Crippen LogP contribution in [0.4, 0.5) is 0 Å². The van der Waals surface area contributed by atoms with Crippen molar-refractivity contribution in [1.29, 1.82) is 0 Å². The molecule has 0 fully saturated rings. The van der Waals surface area contributed by atoms with Gasteiger partial charge in [-0.1, -0.05) is 144 Å². The number of carbonyl (C=O) groups is 4. The van der Waals surface area contributed by atoms with E-state index < -0.39 is 42.0 Å². The molecule has 0 aliphatic rings. The van der Waals surface area contributed by atoms with E-state index in [2.05, 4.69) is 20.6 Å². The number of amides is 2. The summed E-state index contributed by atoms with van der Waals surface area (Å²) in [7, 11) is 1.33. The lowest BCUT2D eigenvalue weighted by molar-refractivity contribution is -0.142. The largest absolute Gasteiger partial charge is 0.481 e. The van der Waals surface area contributed by atoms with E-state index in [4.69, 9.17) is 4.74 Å². The summed E-state index contributed by atoms with van der Waals surface area (Å²) in [6.45, 7) is 12.0. The summed E-state index contributed by atoms with van der Waals surface area (Å²) in [4.78, 5) is 87.0. The summed E-state index contributed by atoms with van der Waals surface area (Å²) in [5.41, 5.74) is 8.27. The molecule has 0 spiro atoms. The molecule has 0 bridgehead atoms. The molecule has 8 rings (SSSR count). The second-order valence-electron chi connectivity index (χ2n) is 19.6. The topological polar surface area (TPSA) is 192 Å². The first-order valence-corrected chi connectivity index (χ1v) is 25.2. The number of hydrogen-bond acceptors (Lipinski definition) is 9. The number of methoxy groups -OCH3 is 1. The van der Waals surface area contributed by atoms with Gasteiger partial charge in [-0.25, -0.2) is 9.97 Å². The van der Waals surface area contributed by atoms with Gasteiger partial charge in [0.2, 0.25) is 11.8 Å². The highest BCUT2D eigenvalue weighted by molar-refractivity contribution is 5.84. The minimum atomic E-state index is -1.03. The molecular weight excluding hydrogens is 957 g/mol. The number of esters is 1. The maximum absolute atomic E-state index is 13.8. The predicted molar refractivity (Wildman–Crippen MR) is 300 cm³/mol. The molecule has 3 N–H and O–H groups in total. The van der Waals surface area contributed by atoms with Gasteiger partial charge in [-0.3, -0.25) is 37.9 Å². The van der Waals surface area contributed by atoms with E-state index in [9.17, 15) is 33.9 Å². The number of carboxylic acids is 1. The Balaban J connectivity index is 0.000000244. The fourth-order valence-corrected chi connectivity index (χ4v) is 9.30. The Bertz CT molecular complexity index is 3460. The van der Waals surface area contributed by atoms with Crippen LogP contribution in [0.25, 0.3) is 44.1 Å². The van der Waals surface area contributed by atoms with E-state index in [1.807, 2.05) is 145 Å². The third-order valence-electron chi connectivity index (χ3n) is 13.1. The molecule has 76 heavy (non-hydrogen) atoms. The Morgan fingerprint density at radius 3 is 1.34 bits per heavy atom. The lowest BCUT2D eigenvalue weighted by Gasteiger charge is -2.25. The molecule has 4 atom stereocenters. The predicted octanol–water partition coefficient (Wildman–Crippen LogP) is 11.3. The van der Waals surface area contributed by atoms with Crippen LogP contribution in [0.5, 0.6) is 0 Å². The fourth-order valence-electron chi connectivity index (χ4n) is 9.30. The Hall–Kier alpha value is -8.52. The second-order valence-corrected chi connectivity index (χ2v) is 19.6. The molecule has 2 amide bonds. The van der Waals surface area contributed by atoms with Gasteiger partial charge >= 0.3 is 11.9 Å². The number of aliphatic carboxylic acids is 1. The fraction of sp³-hybridized carbons (Fsp3) is 0.290. The summed E-state index contributed by atoms with van der Waals surface area (Å²) < 4.78 is 7.70. The minimum Gasteiger partial charge on any atom is -0.481 e. The normalized spacial score (nSPS) is 12.6. The van der Waals surface area contributed by atoms with Crippen LogP contribution in [0.2, 0.25) is 0 Å². The van der Waals surface area contributed by atoms with Crippen molar-refractivity contribution in [3.63, 3.8) is 0 Å². The molecule has 0 saturated heterocycles. The summed E-state index contributed by atoms with van der Waals surface area (Å²) in [5.74, 6) is -2.00. The summed E-state index contributed by atoms with van der Waals surface area (Å²) in [6.07, 6.45) is 3.34. The van der Waals surface area contributed by atoms with Crippen LogP contribution >= 0.6 is 0 Å². The van der Waals surface area contributed by atoms with Crippen molar-refractivity contribution in [2.24, 2.45) is 11.8 Å². The maximum Gasteiger partial charge on any atom is 0.307 e. The molecule has 394 valence electrons. The van der Waals surface area contributed by atoms with Gasteiger partial charge in [0.05, 0.1) is 66.5 Å². The monoisotopic (exact) mass is 1020 g/mol. The van der Waals surface area contributed by atoms with E-state index in [1.165, 1.54) is 28.9 Å². The van der Waals surface area contributed by atoms with Crippen molar-refractivity contribution in [2.75, 3.05) is 7.11 Å². The average molecular weight is 1030 g/mol. The molecule has 0 unspecified atom stereocenters. The van der Waals surface area contributed by atoms with Gasteiger partial charge in [-0.2, -0.15) is 0 Å². The van der Waals surface area contributed by atoms with Gasteiger partial charge in [0.1, 0.15) is 12.1 Å². The summed E-state index contributed by atoms with van der Waals surface area (Å²) in [6, 6.07) is 42.4. The van der Waals surface area contributed by atoms with E-state index in [-0.39, 0.29) is 49.1 Å². The molecule has 0 aliphatic heterocycles. The number of carboxylic acid groups (broad SMARTS) is 1. The van der Waals surface area contributed by atoms with Crippen LogP contribution in [-0.4, -0.2) is 55.1 Å². The van der Waals surface area contributed by atoms with E-state index in [0.29, 0.717) is 40.2 Å². The molecule has 6 aromatic carbocycles. The SMILES string of the molecule is C.COC(=O)C[C@H](NC(=O)[C@H](CC(C)C)n1cnc2ccccc2c1=O)c1cccc(-c2ccccc2C)c1.Cc1ccccc1-c1cccc([C@H](CC(=O)O)NC(=O)[C@H](CC(C)C)n2cnc3ccccc3c2=O)c1. The van der Waals surface area contributed by atoms with Gasteiger partial charge in [0, 0.05) is 0 Å². The van der Waals surface area contributed by atoms with Crippen LogP contribution in [-0.2, 0) is 23.9 Å². The lowest BCUT2D eigenvalue weighted by Crippen LogP contribution is -2.40. The van der Waals surface area contributed by atoms with Gasteiger partial charge in [-0.05, 0) is 119 Å². The van der Waals surface area contributed by atoms with Crippen molar-refractivity contribution in [1.82, 2.24) is 29.7 Å². The van der Waals surface area contributed by atoms with Crippen molar-refractivity contribution >= 4 is 45.6 Å². The molecular formula is C62H68N6O8. The quantitative estimate of drug-likeness (QED) is 0.0697. The number of carbonyl (C=O) groups excluding carboxylic acids is 3. The summed E-state index contributed by atoms with van der Waals surface area (Å²) >= 11 is 0. The summed E-state index contributed by atoms with van der Waals surface area (Å²) in [5, 5.41) is 16.5. The van der Waals surface area contributed by atoms with Gasteiger partial charge in [0.15, 0.2) is 0 Å². The van der Waals surface area contributed by atoms with E-state index >= 15 is 0 Å². The first-order chi connectivity index (χ1) is 36.0. The highest BCUT2D eigenvalue weighted by Gasteiger charge is 2.30. The molecule has 0 radical (unpaired) electrons. The number of aryl methyl sites for hydroxylation is 2. The molecule has 14 heteroatoms. The lowest BCUT2D eigenvalue weighted by atomic mass is 9.95.